The number of nitrogens with one attached hydrogen (secondary N) is 1. The van der Waals surface area contributed by atoms with Crippen molar-refractivity contribution in [1.29, 1.82) is 0 Å². The van der Waals surface area contributed by atoms with Gasteiger partial charge in [0, 0.05) is 6.04 Å². The van der Waals surface area contributed by atoms with Crippen LogP contribution in [0.4, 0.5) is 0 Å². The van der Waals surface area contributed by atoms with Gasteiger partial charge in [-0.2, -0.15) is 0 Å². The SMILES string of the molecule is CCC1CCCCC1C(CCCc1ccccc1)NN. The van der Waals surface area contributed by atoms with E-state index in [0.29, 0.717) is 6.04 Å². The Labute approximate surface area is 124 Å². The standard InChI is InChI=1S/C18H30N2/c1-2-16-12-6-7-13-17(16)18(20-19)14-8-11-15-9-4-3-5-10-15/h3-5,9-10,16-18,20H,2,6-8,11-14,19H2,1H3. The average Bonchev–Trinajstić information content (AvgIpc) is 2.53. The summed E-state index contributed by atoms with van der Waals surface area (Å²) in [5.41, 5.74) is 4.57. The van der Waals surface area contributed by atoms with Crippen LogP contribution in [0.25, 0.3) is 0 Å². The van der Waals surface area contributed by atoms with Gasteiger partial charge >= 0.3 is 0 Å². The van der Waals surface area contributed by atoms with Gasteiger partial charge in [-0.1, -0.05) is 62.9 Å². The quantitative estimate of drug-likeness (QED) is 0.581. The van der Waals surface area contributed by atoms with Crippen LogP contribution in [0.2, 0.25) is 0 Å². The van der Waals surface area contributed by atoms with Gasteiger partial charge in [-0.15, -0.1) is 0 Å². The van der Waals surface area contributed by atoms with Gasteiger partial charge < -0.3 is 0 Å². The molecule has 0 aromatic heterocycles. The average molecular weight is 274 g/mol. The zero-order chi connectivity index (χ0) is 14.2. The molecule has 1 saturated carbocycles. The van der Waals surface area contributed by atoms with E-state index in [1.54, 1.807) is 0 Å². The Hall–Kier alpha value is -0.860. The van der Waals surface area contributed by atoms with Crippen molar-refractivity contribution in [1.82, 2.24) is 5.43 Å². The lowest BCUT2D eigenvalue weighted by atomic mass is 9.73. The van der Waals surface area contributed by atoms with Crippen LogP contribution < -0.4 is 11.3 Å². The van der Waals surface area contributed by atoms with Crippen molar-refractivity contribution in [2.75, 3.05) is 0 Å². The van der Waals surface area contributed by atoms with Crippen LogP contribution in [-0.2, 0) is 6.42 Å². The molecule has 3 atom stereocenters. The Morgan fingerprint density at radius 3 is 2.65 bits per heavy atom. The van der Waals surface area contributed by atoms with E-state index >= 15 is 0 Å². The lowest BCUT2D eigenvalue weighted by Gasteiger charge is -2.36. The molecule has 3 unspecified atom stereocenters. The van der Waals surface area contributed by atoms with Crippen LogP contribution >= 0.6 is 0 Å². The van der Waals surface area contributed by atoms with Crippen molar-refractivity contribution < 1.29 is 0 Å². The molecule has 2 rings (SSSR count). The molecule has 0 amide bonds. The monoisotopic (exact) mass is 274 g/mol. The second kappa shape index (κ2) is 8.43. The van der Waals surface area contributed by atoms with Crippen LogP contribution in [-0.4, -0.2) is 6.04 Å². The van der Waals surface area contributed by atoms with Gasteiger partial charge in [0.25, 0.3) is 0 Å². The molecular formula is C18H30N2. The summed E-state index contributed by atoms with van der Waals surface area (Å²) in [7, 11) is 0. The van der Waals surface area contributed by atoms with Gasteiger partial charge in [0.15, 0.2) is 0 Å². The first-order chi connectivity index (χ1) is 9.85. The fraction of sp³-hybridized carbons (Fsp3) is 0.667. The Kier molecular flexibility index (Phi) is 6.55. The molecule has 1 aromatic rings. The fourth-order valence-corrected chi connectivity index (χ4v) is 3.86. The highest BCUT2D eigenvalue weighted by atomic mass is 15.2. The second-order valence-corrected chi connectivity index (χ2v) is 6.27. The summed E-state index contributed by atoms with van der Waals surface area (Å²) in [6.45, 7) is 2.33. The normalized spacial score (nSPS) is 24.5. The lowest BCUT2D eigenvalue weighted by molar-refractivity contribution is 0.168. The van der Waals surface area contributed by atoms with Crippen LogP contribution in [0, 0.1) is 11.8 Å². The Morgan fingerprint density at radius 1 is 1.20 bits per heavy atom. The molecule has 1 aliphatic carbocycles. The number of aryl methyl sites for hydroxylation is 1. The van der Waals surface area contributed by atoms with Gasteiger partial charge in [-0.25, -0.2) is 0 Å². The third kappa shape index (κ3) is 4.32. The minimum atomic E-state index is 0.504. The first-order valence-electron chi connectivity index (χ1n) is 8.35. The van der Waals surface area contributed by atoms with E-state index in [0.717, 1.165) is 11.8 Å². The van der Waals surface area contributed by atoms with E-state index in [-0.39, 0.29) is 0 Å². The predicted molar refractivity (Wildman–Crippen MR) is 86.2 cm³/mol. The molecular weight excluding hydrogens is 244 g/mol. The highest BCUT2D eigenvalue weighted by Gasteiger charge is 2.29. The number of hydrogen-bond acceptors (Lipinski definition) is 2. The molecule has 20 heavy (non-hydrogen) atoms. The second-order valence-electron chi connectivity index (χ2n) is 6.27. The van der Waals surface area contributed by atoms with Crippen LogP contribution in [0.3, 0.4) is 0 Å². The molecule has 2 nitrogen and oxygen atoms in total. The van der Waals surface area contributed by atoms with Crippen molar-refractivity contribution in [3.05, 3.63) is 35.9 Å². The molecule has 0 bridgehead atoms. The van der Waals surface area contributed by atoms with Crippen LogP contribution in [0.1, 0.15) is 57.4 Å². The van der Waals surface area contributed by atoms with E-state index in [2.05, 4.69) is 42.7 Å². The zero-order valence-corrected chi connectivity index (χ0v) is 12.9. The Morgan fingerprint density at radius 2 is 1.95 bits per heavy atom. The lowest BCUT2D eigenvalue weighted by Crippen LogP contribution is -2.44. The maximum Gasteiger partial charge on any atom is 0.0241 e. The third-order valence-electron chi connectivity index (χ3n) is 5.05. The van der Waals surface area contributed by atoms with Crippen LogP contribution in [0.5, 0.6) is 0 Å². The summed E-state index contributed by atoms with van der Waals surface area (Å²) in [6.07, 6.45) is 10.5. The maximum absolute atomic E-state index is 5.85. The maximum atomic E-state index is 5.85. The van der Waals surface area contributed by atoms with Crippen molar-refractivity contribution in [3.8, 4) is 0 Å². The van der Waals surface area contributed by atoms with E-state index in [1.807, 2.05) is 0 Å². The Bertz CT molecular complexity index is 363. The number of hydrazine groups is 1. The van der Waals surface area contributed by atoms with Crippen molar-refractivity contribution in [2.24, 2.45) is 17.7 Å². The summed E-state index contributed by atoms with van der Waals surface area (Å²) >= 11 is 0. The van der Waals surface area contributed by atoms with E-state index in [1.165, 1.54) is 56.9 Å². The highest BCUT2D eigenvalue weighted by molar-refractivity contribution is 5.14. The van der Waals surface area contributed by atoms with Crippen molar-refractivity contribution in [3.63, 3.8) is 0 Å². The summed E-state index contributed by atoms with van der Waals surface area (Å²) < 4.78 is 0. The van der Waals surface area contributed by atoms with Gasteiger partial charge in [0.1, 0.15) is 0 Å². The molecule has 2 heteroatoms. The molecule has 3 N–H and O–H groups in total. The predicted octanol–water partition coefficient (Wildman–Crippen LogP) is 4.06. The molecule has 112 valence electrons. The van der Waals surface area contributed by atoms with E-state index < -0.39 is 0 Å². The molecule has 0 aliphatic heterocycles. The molecule has 1 fully saturated rings. The first kappa shape index (κ1) is 15.5. The number of nitrogens with two attached hydrogens (primary N) is 1. The fourth-order valence-electron chi connectivity index (χ4n) is 3.86. The molecule has 1 aliphatic rings. The molecule has 1 aromatic carbocycles. The van der Waals surface area contributed by atoms with Gasteiger partial charge in [-0.05, 0) is 43.1 Å². The number of benzene rings is 1. The van der Waals surface area contributed by atoms with Gasteiger partial charge in [-0.3, -0.25) is 11.3 Å². The van der Waals surface area contributed by atoms with Crippen molar-refractivity contribution >= 4 is 0 Å². The Balaban J connectivity index is 1.82. The molecule has 0 saturated heterocycles. The highest BCUT2D eigenvalue weighted by Crippen LogP contribution is 2.35. The largest absolute Gasteiger partial charge is 0.271 e. The van der Waals surface area contributed by atoms with Crippen LogP contribution in [0.15, 0.2) is 30.3 Å². The third-order valence-corrected chi connectivity index (χ3v) is 5.05. The van der Waals surface area contributed by atoms with Gasteiger partial charge in [0.2, 0.25) is 0 Å². The molecule has 0 radical (unpaired) electrons. The summed E-state index contributed by atoms with van der Waals surface area (Å²) in [5.74, 6) is 7.51. The first-order valence-corrected chi connectivity index (χ1v) is 8.35. The van der Waals surface area contributed by atoms with Gasteiger partial charge in [0.05, 0.1) is 0 Å². The summed E-state index contributed by atoms with van der Waals surface area (Å²) in [5, 5.41) is 0. The topological polar surface area (TPSA) is 38.0 Å². The summed E-state index contributed by atoms with van der Waals surface area (Å²) in [6, 6.07) is 11.3. The zero-order valence-electron chi connectivity index (χ0n) is 12.9. The van der Waals surface area contributed by atoms with E-state index in [9.17, 15) is 0 Å². The van der Waals surface area contributed by atoms with Crippen molar-refractivity contribution in [2.45, 2.75) is 64.3 Å². The number of rotatable bonds is 7. The smallest absolute Gasteiger partial charge is 0.0241 e. The minimum absolute atomic E-state index is 0.504. The summed E-state index contributed by atoms with van der Waals surface area (Å²) in [4.78, 5) is 0. The number of hydrogen-bond donors (Lipinski definition) is 2. The molecule has 0 heterocycles. The molecule has 0 spiro atoms. The van der Waals surface area contributed by atoms with E-state index in [4.69, 9.17) is 5.84 Å². The minimum Gasteiger partial charge on any atom is -0.271 e.